The van der Waals surface area contributed by atoms with Gasteiger partial charge >= 0.3 is 0 Å². The number of guanidine groups is 1. The second-order valence-corrected chi connectivity index (χ2v) is 9.64. The molecule has 0 spiro atoms. The molecule has 1 aliphatic rings. The van der Waals surface area contributed by atoms with Crippen LogP contribution in [0.25, 0.3) is 0 Å². The van der Waals surface area contributed by atoms with Crippen molar-refractivity contribution in [1.82, 2.24) is 19.1 Å². The molecule has 0 radical (unpaired) electrons. The predicted octanol–water partition coefficient (Wildman–Crippen LogP) is 1.78. The van der Waals surface area contributed by atoms with Crippen LogP contribution in [0.15, 0.2) is 47.6 Å². The highest BCUT2D eigenvalue weighted by Crippen LogP contribution is 2.17. The third-order valence-corrected chi connectivity index (χ3v) is 7.19. The largest absolute Gasteiger partial charge is 0.379 e. The standard InChI is InChI=1S/C22H33N5O3S/c1-4-23-22(26(3)17-21-10-7-11-25(21)2)24-16-19-8-5-6-9-20(19)18-31(28,29)27-12-14-30-15-13-27/h5-11H,4,12-18H2,1-3H3,(H,23,24). The van der Waals surface area contributed by atoms with E-state index in [1.165, 1.54) is 10.00 Å². The van der Waals surface area contributed by atoms with Crippen LogP contribution in [0.1, 0.15) is 23.7 Å². The van der Waals surface area contributed by atoms with Gasteiger partial charge in [-0.05, 0) is 30.2 Å². The van der Waals surface area contributed by atoms with Gasteiger partial charge in [0.1, 0.15) is 0 Å². The molecule has 9 heteroatoms. The fourth-order valence-electron chi connectivity index (χ4n) is 3.57. The number of morpholine rings is 1. The lowest BCUT2D eigenvalue weighted by Crippen LogP contribution is -2.41. The van der Waals surface area contributed by atoms with Crippen molar-refractivity contribution in [2.24, 2.45) is 12.0 Å². The van der Waals surface area contributed by atoms with Crippen molar-refractivity contribution in [2.75, 3.05) is 39.9 Å². The fraction of sp³-hybridized carbons (Fsp3) is 0.500. The summed E-state index contributed by atoms with van der Waals surface area (Å²) in [5.41, 5.74) is 2.89. The zero-order valence-electron chi connectivity index (χ0n) is 18.6. The van der Waals surface area contributed by atoms with Crippen molar-refractivity contribution in [3.8, 4) is 0 Å². The fourth-order valence-corrected chi connectivity index (χ4v) is 5.14. The molecule has 0 saturated carbocycles. The molecule has 2 aromatic rings. The number of hydrogen-bond donors (Lipinski definition) is 1. The minimum Gasteiger partial charge on any atom is -0.379 e. The molecule has 31 heavy (non-hydrogen) atoms. The van der Waals surface area contributed by atoms with Crippen LogP contribution in [0.3, 0.4) is 0 Å². The molecular formula is C22H33N5O3S. The van der Waals surface area contributed by atoms with Crippen molar-refractivity contribution in [3.63, 3.8) is 0 Å². The van der Waals surface area contributed by atoms with Gasteiger partial charge < -0.3 is 19.5 Å². The predicted molar refractivity (Wildman–Crippen MR) is 123 cm³/mol. The SMILES string of the molecule is CCNC(=NCc1ccccc1CS(=O)(=O)N1CCOCC1)N(C)Cc1cccn1C. The van der Waals surface area contributed by atoms with Gasteiger partial charge in [0, 0.05) is 45.6 Å². The first-order valence-electron chi connectivity index (χ1n) is 10.6. The number of hydrogen-bond acceptors (Lipinski definition) is 4. The van der Waals surface area contributed by atoms with Gasteiger partial charge in [0.15, 0.2) is 5.96 Å². The molecule has 0 amide bonds. The summed E-state index contributed by atoms with van der Waals surface area (Å²) in [6.45, 7) is 5.65. The van der Waals surface area contributed by atoms with E-state index in [1.807, 2.05) is 57.5 Å². The Labute approximate surface area is 185 Å². The molecule has 1 aliphatic heterocycles. The molecule has 2 heterocycles. The van der Waals surface area contributed by atoms with Crippen molar-refractivity contribution >= 4 is 16.0 Å². The van der Waals surface area contributed by atoms with Gasteiger partial charge in [-0.3, -0.25) is 0 Å². The molecule has 0 unspecified atom stereocenters. The molecule has 0 atom stereocenters. The second kappa shape index (κ2) is 10.8. The highest BCUT2D eigenvalue weighted by Gasteiger charge is 2.25. The number of nitrogens with zero attached hydrogens (tertiary/aromatic N) is 4. The molecule has 1 aromatic carbocycles. The summed E-state index contributed by atoms with van der Waals surface area (Å²) in [6, 6.07) is 11.8. The minimum absolute atomic E-state index is 0.0194. The van der Waals surface area contributed by atoms with Gasteiger partial charge in [-0.2, -0.15) is 4.31 Å². The summed E-state index contributed by atoms with van der Waals surface area (Å²) in [6.07, 6.45) is 2.03. The van der Waals surface area contributed by atoms with Gasteiger partial charge in [0.2, 0.25) is 10.0 Å². The van der Waals surface area contributed by atoms with Gasteiger partial charge in [0.05, 0.1) is 32.1 Å². The summed E-state index contributed by atoms with van der Waals surface area (Å²) < 4.78 is 34.7. The molecule has 1 N–H and O–H groups in total. The average Bonchev–Trinajstić information content (AvgIpc) is 3.16. The smallest absolute Gasteiger partial charge is 0.218 e. The number of rotatable bonds is 8. The topological polar surface area (TPSA) is 79.2 Å². The van der Waals surface area contributed by atoms with E-state index < -0.39 is 10.0 Å². The lowest BCUT2D eigenvalue weighted by molar-refractivity contribution is 0.0729. The Kier molecular flexibility index (Phi) is 8.11. The Morgan fingerprint density at radius 3 is 2.52 bits per heavy atom. The van der Waals surface area contributed by atoms with E-state index in [9.17, 15) is 8.42 Å². The van der Waals surface area contributed by atoms with Crippen LogP contribution in [0.4, 0.5) is 0 Å². The van der Waals surface area contributed by atoms with E-state index >= 15 is 0 Å². The van der Waals surface area contributed by atoms with E-state index in [-0.39, 0.29) is 5.75 Å². The zero-order valence-corrected chi connectivity index (χ0v) is 19.4. The van der Waals surface area contributed by atoms with Crippen LogP contribution >= 0.6 is 0 Å². The Hall–Kier alpha value is -2.36. The highest BCUT2D eigenvalue weighted by atomic mass is 32.2. The number of benzene rings is 1. The Bertz CT molecular complexity index is 981. The number of ether oxygens (including phenoxy) is 1. The van der Waals surface area contributed by atoms with E-state index in [1.54, 1.807) is 0 Å². The maximum atomic E-state index is 12.9. The van der Waals surface area contributed by atoms with Crippen LogP contribution in [-0.2, 0) is 40.7 Å². The highest BCUT2D eigenvalue weighted by molar-refractivity contribution is 7.88. The van der Waals surface area contributed by atoms with Gasteiger partial charge in [0.25, 0.3) is 0 Å². The van der Waals surface area contributed by atoms with Crippen LogP contribution < -0.4 is 5.32 Å². The molecule has 0 bridgehead atoms. The summed E-state index contributed by atoms with van der Waals surface area (Å²) in [4.78, 5) is 6.87. The normalized spacial score (nSPS) is 15.8. The first-order chi connectivity index (χ1) is 14.9. The van der Waals surface area contributed by atoms with Crippen molar-refractivity contribution in [2.45, 2.75) is 25.8 Å². The van der Waals surface area contributed by atoms with E-state index in [0.717, 1.165) is 30.2 Å². The Morgan fingerprint density at radius 1 is 1.16 bits per heavy atom. The summed E-state index contributed by atoms with van der Waals surface area (Å²) in [7, 11) is 0.642. The van der Waals surface area contributed by atoms with Crippen LogP contribution in [0, 0.1) is 0 Å². The van der Waals surface area contributed by atoms with Crippen molar-refractivity contribution in [3.05, 3.63) is 59.4 Å². The molecule has 170 valence electrons. The number of nitrogens with one attached hydrogen (secondary N) is 1. The maximum Gasteiger partial charge on any atom is 0.218 e. The molecule has 0 aliphatic carbocycles. The zero-order chi connectivity index (χ0) is 22.3. The monoisotopic (exact) mass is 447 g/mol. The average molecular weight is 448 g/mol. The van der Waals surface area contributed by atoms with Crippen LogP contribution in [0.5, 0.6) is 0 Å². The number of aryl methyl sites for hydroxylation is 1. The number of sulfonamides is 1. The van der Waals surface area contributed by atoms with Crippen LogP contribution in [-0.4, -0.2) is 68.0 Å². The first kappa shape index (κ1) is 23.3. The minimum atomic E-state index is -3.39. The Balaban J connectivity index is 1.74. The quantitative estimate of drug-likeness (QED) is 0.493. The van der Waals surface area contributed by atoms with Gasteiger partial charge in [-0.1, -0.05) is 24.3 Å². The lowest BCUT2D eigenvalue weighted by Gasteiger charge is -2.26. The summed E-state index contributed by atoms with van der Waals surface area (Å²) in [5.74, 6) is 0.767. The van der Waals surface area contributed by atoms with E-state index in [2.05, 4.69) is 20.9 Å². The van der Waals surface area contributed by atoms with Crippen molar-refractivity contribution in [1.29, 1.82) is 0 Å². The molecule has 1 fully saturated rings. The maximum absolute atomic E-state index is 12.9. The third-order valence-electron chi connectivity index (χ3n) is 5.37. The molecule has 1 saturated heterocycles. The first-order valence-corrected chi connectivity index (χ1v) is 12.2. The summed E-state index contributed by atoms with van der Waals surface area (Å²) >= 11 is 0. The van der Waals surface area contributed by atoms with E-state index in [0.29, 0.717) is 32.8 Å². The third kappa shape index (κ3) is 6.32. The summed E-state index contributed by atoms with van der Waals surface area (Å²) in [5, 5.41) is 3.33. The van der Waals surface area contributed by atoms with Gasteiger partial charge in [-0.25, -0.2) is 13.4 Å². The number of aromatic nitrogens is 1. The molecular weight excluding hydrogens is 414 g/mol. The number of aliphatic imine (C=N–C) groups is 1. The molecule has 3 rings (SSSR count). The van der Waals surface area contributed by atoms with Crippen molar-refractivity contribution < 1.29 is 13.2 Å². The van der Waals surface area contributed by atoms with Gasteiger partial charge in [-0.15, -0.1) is 0 Å². The van der Waals surface area contributed by atoms with E-state index in [4.69, 9.17) is 9.73 Å². The Morgan fingerprint density at radius 2 is 1.87 bits per heavy atom. The lowest BCUT2D eigenvalue weighted by atomic mass is 10.1. The van der Waals surface area contributed by atoms with Crippen LogP contribution in [0.2, 0.25) is 0 Å². The second-order valence-electron chi connectivity index (χ2n) is 7.67. The molecule has 1 aromatic heterocycles. The molecule has 8 nitrogen and oxygen atoms in total.